The average Bonchev–Trinajstić information content (AvgIpc) is 2.65. The first kappa shape index (κ1) is 18.8. The number of aromatic nitrogens is 1. The molecule has 26 heavy (non-hydrogen) atoms. The van der Waals surface area contributed by atoms with Crippen molar-refractivity contribution < 1.29 is 17.5 Å². The minimum Gasteiger partial charge on any atom is -0.492 e. The van der Waals surface area contributed by atoms with Gasteiger partial charge < -0.3 is 4.74 Å². The maximum atomic E-state index is 12.8. The summed E-state index contributed by atoms with van der Waals surface area (Å²) in [6.45, 7) is 3.14. The monoisotopic (exact) mass is 379 g/mol. The molecule has 0 radical (unpaired) electrons. The Morgan fingerprint density at radius 3 is 2.46 bits per heavy atom. The Balaban J connectivity index is 1.44. The summed E-state index contributed by atoms with van der Waals surface area (Å²) in [6, 6.07) is 9.45. The van der Waals surface area contributed by atoms with Crippen LogP contribution in [0.4, 0.5) is 4.39 Å². The van der Waals surface area contributed by atoms with Crippen LogP contribution in [0.5, 0.6) is 5.75 Å². The minimum absolute atomic E-state index is 0.0455. The Hall–Kier alpha value is -2.03. The number of hydrogen-bond donors (Lipinski definition) is 0. The van der Waals surface area contributed by atoms with Gasteiger partial charge in [-0.25, -0.2) is 12.8 Å². The topological polar surface area (TPSA) is 62.7 Å². The molecule has 0 atom stereocenters. The minimum atomic E-state index is -3.36. The lowest BCUT2D eigenvalue weighted by atomic mass is 10.2. The number of rotatable bonds is 7. The normalized spacial score (nSPS) is 16.5. The van der Waals surface area contributed by atoms with E-state index in [0.717, 1.165) is 12.1 Å². The van der Waals surface area contributed by atoms with E-state index in [1.807, 2.05) is 18.3 Å². The SMILES string of the molecule is O=S(=O)(CCOc1ccc(F)cc1)N1CCN(Cc2cccnc2)CC1. The van der Waals surface area contributed by atoms with Crippen molar-refractivity contribution >= 4 is 10.0 Å². The Labute approximate surface area is 153 Å². The Kier molecular flexibility index (Phi) is 6.18. The van der Waals surface area contributed by atoms with E-state index in [1.165, 1.54) is 28.6 Å². The summed E-state index contributed by atoms with van der Waals surface area (Å²) in [7, 11) is -3.36. The number of ether oxygens (including phenoxy) is 1. The zero-order valence-corrected chi connectivity index (χ0v) is 15.2. The quantitative estimate of drug-likeness (QED) is 0.733. The molecule has 0 saturated carbocycles. The highest BCUT2D eigenvalue weighted by Gasteiger charge is 2.26. The fraction of sp³-hybridized carbons (Fsp3) is 0.389. The van der Waals surface area contributed by atoms with E-state index in [4.69, 9.17) is 4.74 Å². The van der Waals surface area contributed by atoms with Gasteiger partial charge in [0, 0.05) is 45.1 Å². The highest BCUT2D eigenvalue weighted by atomic mass is 32.2. The van der Waals surface area contributed by atoms with Crippen LogP contribution < -0.4 is 4.74 Å². The van der Waals surface area contributed by atoms with Crippen LogP contribution in [0.1, 0.15) is 5.56 Å². The molecule has 1 saturated heterocycles. The van der Waals surface area contributed by atoms with E-state index in [9.17, 15) is 12.8 Å². The number of pyridine rings is 1. The van der Waals surface area contributed by atoms with E-state index in [2.05, 4.69) is 9.88 Å². The number of nitrogens with zero attached hydrogens (tertiary/aromatic N) is 3. The van der Waals surface area contributed by atoms with Crippen molar-refractivity contribution in [2.45, 2.75) is 6.54 Å². The van der Waals surface area contributed by atoms with E-state index in [0.29, 0.717) is 31.9 Å². The molecule has 1 aromatic heterocycles. The maximum Gasteiger partial charge on any atom is 0.217 e. The molecule has 0 amide bonds. The molecule has 6 nitrogen and oxygen atoms in total. The largest absolute Gasteiger partial charge is 0.492 e. The summed E-state index contributed by atoms with van der Waals surface area (Å²) in [5, 5.41) is 0. The van der Waals surface area contributed by atoms with Gasteiger partial charge in [-0.2, -0.15) is 4.31 Å². The standard InChI is InChI=1S/C18H22FN3O3S/c19-17-3-5-18(6-4-17)25-12-13-26(23,24)22-10-8-21(9-11-22)15-16-2-1-7-20-14-16/h1-7,14H,8-13,15H2. The Morgan fingerprint density at radius 2 is 1.81 bits per heavy atom. The summed E-state index contributed by atoms with van der Waals surface area (Å²) in [5.41, 5.74) is 1.12. The van der Waals surface area contributed by atoms with Crippen LogP contribution in [0.15, 0.2) is 48.8 Å². The third-order valence-corrected chi connectivity index (χ3v) is 6.11. The van der Waals surface area contributed by atoms with Crippen molar-refractivity contribution in [1.29, 1.82) is 0 Å². The van der Waals surface area contributed by atoms with Crippen LogP contribution in [0.3, 0.4) is 0 Å². The summed E-state index contributed by atoms with van der Waals surface area (Å²) < 4.78 is 44.7. The highest BCUT2D eigenvalue weighted by Crippen LogP contribution is 2.13. The third kappa shape index (κ3) is 5.23. The molecule has 1 fully saturated rings. The van der Waals surface area contributed by atoms with Crippen LogP contribution in [-0.4, -0.2) is 61.1 Å². The fourth-order valence-electron chi connectivity index (χ4n) is 2.84. The van der Waals surface area contributed by atoms with Gasteiger partial charge in [-0.05, 0) is 35.9 Å². The molecule has 0 N–H and O–H groups in total. The molecule has 1 aromatic carbocycles. The van der Waals surface area contributed by atoms with Crippen LogP contribution in [-0.2, 0) is 16.6 Å². The number of hydrogen-bond acceptors (Lipinski definition) is 5. The van der Waals surface area contributed by atoms with E-state index in [1.54, 1.807) is 6.20 Å². The number of benzene rings is 1. The van der Waals surface area contributed by atoms with Gasteiger partial charge in [0.25, 0.3) is 0 Å². The van der Waals surface area contributed by atoms with Crippen LogP contribution in [0.25, 0.3) is 0 Å². The van der Waals surface area contributed by atoms with E-state index < -0.39 is 10.0 Å². The molecule has 0 aliphatic carbocycles. The summed E-state index contributed by atoms with van der Waals surface area (Å²) in [5.74, 6) is 0.0181. The van der Waals surface area contributed by atoms with Crippen molar-refractivity contribution in [2.24, 2.45) is 0 Å². The average molecular weight is 379 g/mol. The lowest BCUT2D eigenvalue weighted by Gasteiger charge is -2.33. The first-order chi connectivity index (χ1) is 12.5. The Bertz CT molecular complexity index is 792. The molecule has 8 heteroatoms. The van der Waals surface area contributed by atoms with Gasteiger partial charge in [-0.3, -0.25) is 9.88 Å². The first-order valence-corrected chi connectivity index (χ1v) is 10.1. The summed E-state index contributed by atoms with van der Waals surface area (Å²) >= 11 is 0. The second kappa shape index (κ2) is 8.57. The Morgan fingerprint density at radius 1 is 1.08 bits per heavy atom. The number of piperazine rings is 1. The van der Waals surface area contributed by atoms with Crippen molar-refractivity contribution in [1.82, 2.24) is 14.2 Å². The van der Waals surface area contributed by atoms with Crippen molar-refractivity contribution in [2.75, 3.05) is 38.5 Å². The molecule has 0 bridgehead atoms. The molecular weight excluding hydrogens is 357 g/mol. The van der Waals surface area contributed by atoms with Crippen molar-refractivity contribution in [3.05, 3.63) is 60.2 Å². The second-order valence-electron chi connectivity index (χ2n) is 6.15. The second-order valence-corrected chi connectivity index (χ2v) is 8.24. The fourth-order valence-corrected chi connectivity index (χ4v) is 4.11. The first-order valence-electron chi connectivity index (χ1n) is 8.50. The van der Waals surface area contributed by atoms with Gasteiger partial charge in [0.1, 0.15) is 18.2 Å². The molecular formula is C18H22FN3O3S. The third-order valence-electron chi connectivity index (χ3n) is 4.28. The predicted octanol–water partition coefficient (Wildman–Crippen LogP) is 1.75. The molecule has 1 aliphatic rings. The maximum absolute atomic E-state index is 12.8. The van der Waals surface area contributed by atoms with Gasteiger partial charge in [0.2, 0.25) is 10.0 Å². The summed E-state index contributed by atoms with van der Waals surface area (Å²) in [4.78, 5) is 6.32. The molecule has 0 spiro atoms. The lowest BCUT2D eigenvalue weighted by Crippen LogP contribution is -2.49. The summed E-state index contributed by atoms with van der Waals surface area (Å²) in [6.07, 6.45) is 3.57. The van der Waals surface area contributed by atoms with Gasteiger partial charge in [0.15, 0.2) is 0 Å². The predicted molar refractivity (Wildman–Crippen MR) is 96.8 cm³/mol. The number of sulfonamides is 1. The molecule has 1 aliphatic heterocycles. The smallest absolute Gasteiger partial charge is 0.217 e. The zero-order valence-electron chi connectivity index (χ0n) is 14.4. The highest BCUT2D eigenvalue weighted by molar-refractivity contribution is 7.89. The lowest BCUT2D eigenvalue weighted by molar-refractivity contribution is 0.181. The van der Waals surface area contributed by atoms with Gasteiger partial charge >= 0.3 is 0 Å². The van der Waals surface area contributed by atoms with E-state index in [-0.39, 0.29) is 18.2 Å². The van der Waals surface area contributed by atoms with Crippen LogP contribution >= 0.6 is 0 Å². The van der Waals surface area contributed by atoms with Crippen LogP contribution in [0.2, 0.25) is 0 Å². The van der Waals surface area contributed by atoms with Gasteiger partial charge in [-0.15, -0.1) is 0 Å². The number of halogens is 1. The zero-order chi connectivity index (χ0) is 18.4. The van der Waals surface area contributed by atoms with Crippen molar-refractivity contribution in [3.63, 3.8) is 0 Å². The van der Waals surface area contributed by atoms with Crippen molar-refractivity contribution in [3.8, 4) is 5.75 Å². The molecule has 3 rings (SSSR count). The van der Waals surface area contributed by atoms with Crippen LogP contribution in [0, 0.1) is 5.82 Å². The van der Waals surface area contributed by atoms with E-state index >= 15 is 0 Å². The molecule has 2 heterocycles. The molecule has 0 unspecified atom stereocenters. The molecule has 2 aromatic rings. The van der Waals surface area contributed by atoms with Gasteiger partial charge in [0.05, 0.1) is 5.75 Å². The molecule has 140 valence electrons. The van der Waals surface area contributed by atoms with Gasteiger partial charge in [-0.1, -0.05) is 6.07 Å².